The van der Waals surface area contributed by atoms with Crippen molar-refractivity contribution in [3.05, 3.63) is 35.4 Å². The minimum absolute atomic E-state index is 0.0251. The maximum absolute atomic E-state index is 6.06. The van der Waals surface area contributed by atoms with Gasteiger partial charge in [0.15, 0.2) is 0 Å². The van der Waals surface area contributed by atoms with Crippen molar-refractivity contribution < 1.29 is 4.74 Å². The number of benzene rings is 1. The number of hydrogen-bond donors (Lipinski definition) is 1. The standard InChI is InChI=1S/C18H29NO/c1-4-14-19-17(16-10-8-15(2)9-11-16)18(20-3)12-6-5-7-13-18/h8-11,17,19H,4-7,12-14H2,1-3H3. The minimum atomic E-state index is -0.0251. The van der Waals surface area contributed by atoms with Crippen LogP contribution in [0.5, 0.6) is 0 Å². The van der Waals surface area contributed by atoms with Crippen molar-refractivity contribution in [2.24, 2.45) is 0 Å². The fourth-order valence-electron chi connectivity index (χ4n) is 3.42. The highest BCUT2D eigenvalue weighted by Gasteiger charge is 2.40. The average molecular weight is 275 g/mol. The molecule has 0 heterocycles. The van der Waals surface area contributed by atoms with Crippen LogP contribution in [-0.4, -0.2) is 19.3 Å². The lowest BCUT2D eigenvalue weighted by Crippen LogP contribution is -2.47. The Hall–Kier alpha value is -0.860. The van der Waals surface area contributed by atoms with Crippen molar-refractivity contribution >= 4 is 0 Å². The molecule has 0 radical (unpaired) electrons. The molecule has 0 bridgehead atoms. The summed E-state index contributed by atoms with van der Waals surface area (Å²) >= 11 is 0. The van der Waals surface area contributed by atoms with Crippen molar-refractivity contribution in [1.82, 2.24) is 5.32 Å². The molecule has 2 rings (SSSR count). The summed E-state index contributed by atoms with van der Waals surface area (Å²) in [6.45, 7) is 5.41. The first-order valence-corrected chi connectivity index (χ1v) is 8.07. The van der Waals surface area contributed by atoms with E-state index < -0.39 is 0 Å². The van der Waals surface area contributed by atoms with E-state index in [1.165, 1.54) is 43.2 Å². The Kier molecular flexibility index (Phi) is 5.62. The molecule has 1 atom stereocenters. The monoisotopic (exact) mass is 275 g/mol. The SMILES string of the molecule is CCCNC(c1ccc(C)cc1)C1(OC)CCCCC1. The summed E-state index contributed by atoms with van der Waals surface area (Å²) in [5.41, 5.74) is 2.66. The maximum atomic E-state index is 6.06. The van der Waals surface area contributed by atoms with Crippen LogP contribution in [0.15, 0.2) is 24.3 Å². The first-order valence-electron chi connectivity index (χ1n) is 8.07. The second-order valence-corrected chi connectivity index (χ2v) is 6.13. The number of rotatable bonds is 6. The van der Waals surface area contributed by atoms with E-state index in [-0.39, 0.29) is 5.60 Å². The lowest BCUT2D eigenvalue weighted by Gasteiger charge is -2.43. The Morgan fingerprint density at radius 2 is 1.80 bits per heavy atom. The Morgan fingerprint density at radius 3 is 2.35 bits per heavy atom. The first kappa shape index (κ1) is 15.5. The normalized spacial score (nSPS) is 19.8. The predicted molar refractivity (Wildman–Crippen MR) is 85.0 cm³/mol. The molecule has 1 aromatic carbocycles. The molecule has 0 spiro atoms. The van der Waals surface area contributed by atoms with E-state index in [0.717, 1.165) is 13.0 Å². The van der Waals surface area contributed by atoms with Crippen LogP contribution in [0.2, 0.25) is 0 Å². The third-order valence-corrected chi connectivity index (χ3v) is 4.64. The molecular formula is C18H29NO. The summed E-state index contributed by atoms with van der Waals surface area (Å²) in [4.78, 5) is 0. The van der Waals surface area contributed by atoms with Crippen LogP contribution in [0.3, 0.4) is 0 Å². The molecule has 0 aromatic heterocycles. The molecule has 112 valence electrons. The van der Waals surface area contributed by atoms with Crippen LogP contribution in [0.1, 0.15) is 62.6 Å². The van der Waals surface area contributed by atoms with Gasteiger partial charge in [0, 0.05) is 7.11 Å². The fourth-order valence-corrected chi connectivity index (χ4v) is 3.42. The van der Waals surface area contributed by atoms with Gasteiger partial charge in [-0.25, -0.2) is 0 Å². The lowest BCUT2D eigenvalue weighted by atomic mass is 9.76. The van der Waals surface area contributed by atoms with Crippen LogP contribution in [0.25, 0.3) is 0 Å². The molecule has 1 saturated carbocycles. The second kappa shape index (κ2) is 7.24. The smallest absolute Gasteiger partial charge is 0.0872 e. The predicted octanol–water partition coefficient (Wildman–Crippen LogP) is 4.39. The third kappa shape index (κ3) is 3.42. The van der Waals surface area contributed by atoms with E-state index in [0.29, 0.717) is 6.04 Å². The van der Waals surface area contributed by atoms with Crippen molar-refractivity contribution in [3.8, 4) is 0 Å². The molecule has 2 heteroatoms. The molecule has 0 aliphatic heterocycles. The minimum Gasteiger partial charge on any atom is -0.376 e. The summed E-state index contributed by atoms with van der Waals surface area (Å²) in [7, 11) is 1.89. The molecule has 1 aromatic rings. The average Bonchev–Trinajstić information content (AvgIpc) is 2.50. The van der Waals surface area contributed by atoms with E-state index >= 15 is 0 Å². The third-order valence-electron chi connectivity index (χ3n) is 4.64. The first-order chi connectivity index (χ1) is 9.72. The molecular weight excluding hydrogens is 246 g/mol. The lowest BCUT2D eigenvalue weighted by molar-refractivity contribution is -0.0687. The molecule has 2 nitrogen and oxygen atoms in total. The number of ether oxygens (including phenoxy) is 1. The molecule has 1 aliphatic rings. The van der Waals surface area contributed by atoms with E-state index in [1.54, 1.807) is 0 Å². The molecule has 1 aliphatic carbocycles. The van der Waals surface area contributed by atoms with E-state index in [9.17, 15) is 0 Å². The van der Waals surface area contributed by atoms with Gasteiger partial charge in [0.25, 0.3) is 0 Å². The summed E-state index contributed by atoms with van der Waals surface area (Å²) in [5.74, 6) is 0. The van der Waals surface area contributed by atoms with Gasteiger partial charge in [0.1, 0.15) is 0 Å². The Morgan fingerprint density at radius 1 is 1.15 bits per heavy atom. The van der Waals surface area contributed by atoms with Gasteiger partial charge in [0.05, 0.1) is 11.6 Å². The Bertz CT molecular complexity index is 392. The van der Waals surface area contributed by atoms with E-state index in [2.05, 4.69) is 43.4 Å². The van der Waals surface area contributed by atoms with E-state index in [1.807, 2.05) is 7.11 Å². The van der Waals surface area contributed by atoms with Gasteiger partial charge in [-0.15, -0.1) is 0 Å². The fraction of sp³-hybridized carbons (Fsp3) is 0.667. The zero-order chi connectivity index (χ0) is 14.4. The number of aryl methyl sites for hydroxylation is 1. The summed E-state index contributed by atoms with van der Waals surface area (Å²) in [6, 6.07) is 9.26. The zero-order valence-electron chi connectivity index (χ0n) is 13.2. The van der Waals surface area contributed by atoms with Gasteiger partial charge in [-0.05, 0) is 38.3 Å². The van der Waals surface area contributed by atoms with Crippen LogP contribution in [0, 0.1) is 6.92 Å². The van der Waals surface area contributed by atoms with Crippen LogP contribution in [-0.2, 0) is 4.74 Å². The van der Waals surface area contributed by atoms with Crippen molar-refractivity contribution in [2.75, 3.05) is 13.7 Å². The topological polar surface area (TPSA) is 21.3 Å². The molecule has 1 fully saturated rings. The highest BCUT2D eigenvalue weighted by Crippen LogP contribution is 2.41. The quantitative estimate of drug-likeness (QED) is 0.831. The van der Waals surface area contributed by atoms with Gasteiger partial charge in [-0.3, -0.25) is 0 Å². The van der Waals surface area contributed by atoms with Crippen LogP contribution in [0.4, 0.5) is 0 Å². The van der Waals surface area contributed by atoms with Gasteiger partial charge >= 0.3 is 0 Å². The highest BCUT2D eigenvalue weighted by atomic mass is 16.5. The van der Waals surface area contributed by atoms with Crippen LogP contribution < -0.4 is 5.32 Å². The molecule has 1 N–H and O–H groups in total. The van der Waals surface area contributed by atoms with Crippen molar-refractivity contribution in [2.45, 2.75) is 64.0 Å². The second-order valence-electron chi connectivity index (χ2n) is 6.13. The zero-order valence-corrected chi connectivity index (χ0v) is 13.2. The summed E-state index contributed by atoms with van der Waals surface area (Å²) < 4.78 is 6.06. The number of nitrogens with one attached hydrogen (secondary N) is 1. The Labute approximate surface area is 123 Å². The Balaban J connectivity index is 2.27. The highest BCUT2D eigenvalue weighted by molar-refractivity contribution is 5.27. The van der Waals surface area contributed by atoms with Gasteiger partial charge in [0.2, 0.25) is 0 Å². The maximum Gasteiger partial charge on any atom is 0.0872 e. The number of methoxy groups -OCH3 is 1. The van der Waals surface area contributed by atoms with Crippen molar-refractivity contribution in [1.29, 1.82) is 0 Å². The molecule has 20 heavy (non-hydrogen) atoms. The molecule has 0 amide bonds. The summed E-state index contributed by atoms with van der Waals surface area (Å²) in [6.07, 6.45) is 7.40. The van der Waals surface area contributed by atoms with Crippen molar-refractivity contribution in [3.63, 3.8) is 0 Å². The largest absolute Gasteiger partial charge is 0.376 e. The van der Waals surface area contributed by atoms with Gasteiger partial charge < -0.3 is 10.1 Å². The summed E-state index contributed by atoms with van der Waals surface area (Å²) in [5, 5.41) is 3.74. The number of hydrogen-bond acceptors (Lipinski definition) is 2. The van der Waals surface area contributed by atoms with Crippen LogP contribution >= 0.6 is 0 Å². The van der Waals surface area contributed by atoms with Gasteiger partial charge in [-0.2, -0.15) is 0 Å². The molecule has 1 unspecified atom stereocenters. The van der Waals surface area contributed by atoms with Gasteiger partial charge in [-0.1, -0.05) is 56.0 Å². The van der Waals surface area contributed by atoms with E-state index in [4.69, 9.17) is 4.74 Å². The molecule has 0 saturated heterocycles.